The summed E-state index contributed by atoms with van der Waals surface area (Å²) < 4.78 is 1.17. The smallest absolute Gasteiger partial charge is 0.0606 e. The van der Waals surface area contributed by atoms with Gasteiger partial charge in [-0.05, 0) is 60.2 Å². The summed E-state index contributed by atoms with van der Waals surface area (Å²) in [4.78, 5) is 2.33. The zero-order valence-corrected chi connectivity index (χ0v) is 13.5. The molecule has 2 rings (SSSR count). The summed E-state index contributed by atoms with van der Waals surface area (Å²) in [7, 11) is 0. The van der Waals surface area contributed by atoms with E-state index in [9.17, 15) is 0 Å². The molecule has 0 aromatic heterocycles. The first-order valence-corrected chi connectivity index (χ1v) is 7.51. The molecule has 0 heterocycles. The molecule has 0 aliphatic rings. The van der Waals surface area contributed by atoms with E-state index in [1.54, 1.807) is 0 Å². The van der Waals surface area contributed by atoms with Gasteiger partial charge in [-0.25, -0.2) is 0 Å². The predicted octanol–water partition coefficient (Wildman–Crippen LogP) is 4.29. The van der Waals surface area contributed by atoms with Crippen LogP contribution in [0.15, 0.2) is 48.5 Å². The maximum atomic E-state index is 6.17. The van der Waals surface area contributed by atoms with Crippen molar-refractivity contribution in [2.45, 2.75) is 26.4 Å². The monoisotopic (exact) mass is 366 g/mol. The molecule has 100 valence electrons. The zero-order chi connectivity index (χ0) is 13.8. The van der Waals surface area contributed by atoms with E-state index in [0.29, 0.717) is 6.04 Å². The van der Waals surface area contributed by atoms with Crippen molar-refractivity contribution >= 4 is 34.0 Å². The van der Waals surface area contributed by atoms with Crippen molar-refractivity contribution in [3.8, 4) is 0 Å². The van der Waals surface area contributed by atoms with Crippen molar-refractivity contribution in [3.63, 3.8) is 0 Å². The van der Waals surface area contributed by atoms with E-state index in [1.165, 1.54) is 9.13 Å². The van der Waals surface area contributed by atoms with E-state index in [4.69, 9.17) is 5.73 Å². The van der Waals surface area contributed by atoms with Crippen LogP contribution in [0.5, 0.6) is 0 Å². The highest BCUT2D eigenvalue weighted by Gasteiger charge is 2.14. The fraction of sp³-hybridized carbons (Fsp3) is 0.250. The molecule has 0 saturated carbocycles. The Morgan fingerprint density at radius 1 is 1.11 bits per heavy atom. The minimum Gasteiger partial charge on any atom is -0.397 e. The molecule has 0 saturated heterocycles. The molecule has 0 aliphatic heterocycles. The van der Waals surface area contributed by atoms with E-state index in [1.807, 2.05) is 12.1 Å². The Labute approximate surface area is 128 Å². The third-order valence-corrected chi connectivity index (χ3v) is 3.79. The molecular formula is C16H19IN2. The molecule has 2 N–H and O–H groups in total. The summed E-state index contributed by atoms with van der Waals surface area (Å²) in [6, 6.07) is 17.1. The second kappa shape index (κ2) is 6.28. The molecule has 0 fully saturated rings. The summed E-state index contributed by atoms with van der Waals surface area (Å²) in [6.07, 6.45) is 0. The summed E-state index contributed by atoms with van der Waals surface area (Å²) >= 11 is 2.29. The summed E-state index contributed by atoms with van der Waals surface area (Å²) in [5, 5.41) is 0. The van der Waals surface area contributed by atoms with Gasteiger partial charge in [0.05, 0.1) is 11.4 Å². The van der Waals surface area contributed by atoms with Crippen molar-refractivity contribution in [2.24, 2.45) is 0 Å². The molecule has 2 nitrogen and oxygen atoms in total. The molecule has 0 atom stereocenters. The van der Waals surface area contributed by atoms with E-state index in [0.717, 1.165) is 17.9 Å². The number of hydrogen-bond donors (Lipinski definition) is 1. The molecule has 2 aromatic rings. The molecule has 0 aliphatic carbocycles. The first kappa shape index (κ1) is 14.2. The lowest BCUT2D eigenvalue weighted by Crippen LogP contribution is -2.30. The molecule has 19 heavy (non-hydrogen) atoms. The quantitative estimate of drug-likeness (QED) is 0.646. The van der Waals surface area contributed by atoms with Gasteiger partial charge in [0, 0.05) is 16.2 Å². The van der Waals surface area contributed by atoms with Gasteiger partial charge in [0.25, 0.3) is 0 Å². The normalized spacial score (nSPS) is 10.7. The minimum atomic E-state index is 0.405. The van der Waals surface area contributed by atoms with Gasteiger partial charge in [-0.15, -0.1) is 0 Å². The Balaban J connectivity index is 2.30. The summed E-state index contributed by atoms with van der Waals surface area (Å²) in [6.45, 7) is 5.27. The van der Waals surface area contributed by atoms with Crippen molar-refractivity contribution in [1.29, 1.82) is 0 Å². The average Bonchev–Trinajstić information content (AvgIpc) is 2.38. The molecule has 2 aromatic carbocycles. The summed E-state index contributed by atoms with van der Waals surface area (Å²) in [5.74, 6) is 0. The van der Waals surface area contributed by atoms with Gasteiger partial charge in [-0.3, -0.25) is 0 Å². The third-order valence-electron chi connectivity index (χ3n) is 3.12. The SMILES string of the molecule is CC(C)N(Cc1ccccc1)c1ccc(I)cc1N. The van der Waals surface area contributed by atoms with Crippen LogP contribution in [0.1, 0.15) is 19.4 Å². The number of rotatable bonds is 4. The van der Waals surface area contributed by atoms with Gasteiger partial charge in [-0.2, -0.15) is 0 Å². The predicted molar refractivity (Wildman–Crippen MR) is 91.3 cm³/mol. The van der Waals surface area contributed by atoms with Gasteiger partial charge in [0.1, 0.15) is 0 Å². The Bertz CT molecular complexity index is 538. The molecule has 0 amide bonds. The van der Waals surface area contributed by atoms with Crippen molar-refractivity contribution in [3.05, 3.63) is 57.7 Å². The molecule has 0 unspecified atom stereocenters. The number of anilines is 2. The number of nitrogen functional groups attached to an aromatic ring is 1. The fourth-order valence-electron chi connectivity index (χ4n) is 2.11. The zero-order valence-electron chi connectivity index (χ0n) is 11.3. The Kier molecular flexibility index (Phi) is 4.69. The van der Waals surface area contributed by atoms with Crippen LogP contribution in [-0.4, -0.2) is 6.04 Å². The second-order valence-corrected chi connectivity index (χ2v) is 6.16. The highest BCUT2D eigenvalue weighted by molar-refractivity contribution is 14.1. The lowest BCUT2D eigenvalue weighted by molar-refractivity contribution is 0.683. The van der Waals surface area contributed by atoms with Gasteiger partial charge in [0.15, 0.2) is 0 Å². The highest BCUT2D eigenvalue weighted by atomic mass is 127. The van der Waals surface area contributed by atoms with Gasteiger partial charge in [-0.1, -0.05) is 30.3 Å². The number of halogens is 1. The lowest BCUT2D eigenvalue weighted by Gasteiger charge is -2.30. The van der Waals surface area contributed by atoms with Gasteiger partial charge in [0.2, 0.25) is 0 Å². The molecule has 3 heteroatoms. The minimum absolute atomic E-state index is 0.405. The number of hydrogen-bond acceptors (Lipinski definition) is 2. The van der Waals surface area contributed by atoms with Gasteiger partial charge >= 0.3 is 0 Å². The van der Waals surface area contributed by atoms with Crippen LogP contribution in [0.2, 0.25) is 0 Å². The largest absolute Gasteiger partial charge is 0.397 e. The van der Waals surface area contributed by atoms with Crippen molar-refractivity contribution in [2.75, 3.05) is 10.6 Å². The maximum absolute atomic E-state index is 6.17. The standard InChI is InChI=1S/C16H19IN2/c1-12(2)19(11-13-6-4-3-5-7-13)16-9-8-14(17)10-15(16)18/h3-10,12H,11,18H2,1-2H3. The van der Waals surface area contributed by atoms with Crippen LogP contribution < -0.4 is 10.6 Å². The maximum Gasteiger partial charge on any atom is 0.0606 e. The molecule has 0 bridgehead atoms. The van der Waals surface area contributed by atoms with Crippen molar-refractivity contribution in [1.82, 2.24) is 0 Å². The second-order valence-electron chi connectivity index (χ2n) is 4.91. The topological polar surface area (TPSA) is 29.3 Å². The van der Waals surface area contributed by atoms with E-state index >= 15 is 0 Å². The first-order chi connectivity index (χ1) is 9.08. The molecular weight excluding hydrogens is 347 g/mol. The summed E-state index contributed by atoms with van der Waals surface area (Å²) in [5.41, 5.74) is 9.42. The van der Waals surface area contributed by atoms with Crippen LogP contribution in [0, 0.1) is 3.57 Å². The van der Waals surface area contributed by atoms with E-state index in [-0.39, 0.29) is 0 Å². The van der Waals surface area contributed by atoms with Crippen LogP contribution in [0.25, 0.3) is 0 Å². The molecule has 0 radical (unpaired) electrons. The number of nitrogens with two attached hydrogens (primary N) is 1. The Morgan fingerprint density at radius 3 is 2.37 bits per heavy atom. The third kappa shape index (κ3) is 3.62. The van der Waals surface area contributed by atoms with Crippen LogP contribution in [0.3, 0.4) is 0 Å². The highest BCUT2D eigenvalue weighted by Crippen LogP contribution is 2.28. The number of nitrogens with zero attached hydrogens (tertiary/aromatic N) is 1. The van der Waals surface area contributed by atoms with Crippen LogP contribution >= 0.6 is 22.6 Å². The van der Waals surface area contributed by atoms with Crippen LogP contribution in [-0.2, 0) is 6.54 Å². The Hall–Kier alpha value is -1.23. The fourth-order valence-corrected chi connectivity index (χ4v) is 2.63. The van der Waals surface area contributed by atoms with Gasteiger partial charge < -0.3 is 10.6 Å². The molecule has 0 spiro atoms. The van der Waals surface area contributed by atoms with E-state index < -0.39 is 0 Å². The lowest BCUT2D eigenvalue weighted by atomic mass is 10.1. The van der Waals surface area contributed by atoms with E-state index in [2.05, 4.69) is 77.7 Å². The van der Waals surface area contributed by atoms with Crippen molar-refractivity contribution < 1.29 is 0 Å². The van der Waals surface area contributed by atoms with Crippen LogP contribution in [0.4, 0.5) is 11.4 Å². The average molecular weight is 366 g/mol. The Morgan fingerprint density at radius 2 is 1.79 bits per heavy atom. The first-order valence-electron chi connectivity index (χ1n) is 6.43. The number of benzene rings is 2.